The Labute approximate surface area is 162 Å². The fourth-order valence-corrected chi connectivity index (χ4v) is 4.05. The molecule has 0 amide bonds. The van der Waals surface area contributed by atoms with Gasteiger partial charge in [-0.25, -0.2) is 0 Å². The molecule has 0 saturated heterocycles. The monoisotopic (exact) mass is 354 g/mol. The van der Waals surface area contributed by atoms with Crippen molar-refractivity contribution in [3.8, 4) is 5.75 Å². The molecule has 0 aromatic heterocycles. The van der Waals surface area contributed by atoms with Crippen molar-refractivity contribution in [3.05, 3.63) is 113 Å². The van der Waals surface area contributed by atoms with Crippen LogP contribution in [0.2, 0.25) is 0 Å². The van der Waals surface area contributed by atoms with Gasteiger partial charge in [-0.3, -0.25) is 0 Å². The Kier molecular flexibility index (Phi) is 4.85. The number of aryl methyl sites for hydroxylation is 1. The van der Waals surface area contributed by atoms with Crippen molar-refractivity contribution in [1.82, 2.24) is 0 Å². The molecule has 1 aliphatic rings. The Hall–Kier alpha value is -2.80. The number of hydrogen-bond donors (Lipinski definition) is 0. The average molecular weight is 354 g/mol. The van der Waals surface area contributed by atoms with Crippen molar-refractivity contribution >= 4 is 0 Å². The molecule has 0 heterocycles. The molecule has 0 bridgehead atoms. The van der Waals surface area contributed by atoms with E-state index in [1.54, 1.807) is 0 Å². The number of allylic oxidation sites excluding steroid dienone is 1. The first-order valence-corrected chi connectivity index (χ1v) is 9.73. The van der Waals surface area contributed by atoms with Crippen molar-refractivity contribution in [2.24, 2.45) is 0 Å². The summed E-state index contributed by atoms with van der Waals surface area (Å²) in [4.78, 5) is 0. The first kappa shape index (κ1) is 17.6. The van der Waals surface area contributed by atoms with Crippen molar-refractivity contribution in [1.29, 1.82) is 0 Å². The van der Waals surface area contributed by atoms with Crippen molar-refractivity contribution in [2.45, 2.75) is 38.2 Å². The molecule has 0 spiro atoms. The molecule has 0 radical (unpaired) electrons. The van der Waals surface area contributed by atoms with Crippen LogP contribution in [0, 0.1) is 0 Å². The van der Waals surface area contributed by atoms with Gasteiger partial charge in [0.2, 0.25) is 0 Å². The second-order valence-electron chi connectivity index (χ2n) is 7.53. The molecule has 0 aliphatic heterocycles. The van der Waals surface area contributed by atoms with Gasteiger partial charge < -0.3 is 4.74 Å². The highest BCUT2D eigenvalue weighted by molar-refractivity contribution is 5.49. The zero-order valence-electron chi connectivity index (χ0n) is 15.9. The lowest BCUT2D eigenvalue weighted by molar-refractivity contribution is 0.305. The average Bonchev–Trinajstić information content (AvgIpc) is 2.71. The molecule has 1 fully saturated rings. The molecule has 3 aromatic carbocycles. The first-order valence-electron chi connectivity index (χ1n) is 9.73. The highest BCUT2D eigenvalue weighted by Crippen LogP contribution is 2.51. The van der Waals surface area contributed by atoms with Gasteiger partial charge in [-0.2, -0.15) is 0 Å². The van der Waals surface area contributed by atoms with Gasteiger partial charge in [-0.15, -0.1) is 0 Å². The van der Waals surface area contributed by atoms with E-state index in [0.717, 1.165) is 25.0 Å². The summed E-state index contributed by atoms with van der Waals surface area (Å²) in [5.41, 5.74) is 6.72. The minimum Gasteiger partial charge on any atom is -0.489 e. The minimum atomic E-state index is 0.0707. The quantitative estimate of drug-likeness (QED) is 0.461. The number of ether oxygens (including phenoxy) is 1. The molecule has 0 unspecified atom stereocenters. The molecule has 4 rings (SSSR count). The van der Waals surface area contributed by atoms with E-state index in [1.165, 1.54) is 27.8 Å². The summed E-state index contributed by atoms with van der Waals surface area (Å²) in [6.45, 7) is 6.99. The van der Waals surface area contributed by atoms with E-state index >= 15 is 0 Å². The first-order chi connectivity index (χ1) is 13.2. The normalized spacial score (nSPS) is 15.2. The summed E-state index contributed by atoms with van der Waals surface area (Å²) in [6, 6.07) is 28.0. The van der Waals surface area contributed by atoms with E-state index in [-0.39, 0.29) is 5.41 Å². The smallest absolute Gasteiger partial charge is 0.119 e. The topological polar surface area (TPSA) is 9.23 Å². The van der Waals surface area contributed by atoms with Crippen LogP contribution in [0.25, 0.3) is 0 Å². The van der Waals surface area contributed by atoms with Gasteiger partial charge in [-0.1, -0.05) is 85.8 Å². The van der Waals surface area contributed by atoms with E-state index in [9.17, 15) is 0 Å². The SMILES string of the molecule is C=C1CC(c2ccc(CC)cc2)(c2ccc(OCc3ccccc3)cc2)C1. The summed E-state index contributed by atoms with van der Waals surface area (Å²) in [7, 11) is 0. The van der Waals surface area contributed by atoms with E-state index in [4.69, 9.17) is 4.74 Å². The highest BCUT2D eigenvalue weighted by atomic mass is 16.5. The summed E-state index contributed by atoms with van der Waals surface area (Å²) < 4.78 is 5.95. The Bertz CT molecular complexity index is 897. The molecule has 1 saturated carbocycles. The number of benzene rings is 3. The summed E-state index contributed by atoms with van der Waals surface area (Å²) >= 11 is 0. The third kappa shape index (κ3) is 3.55. The predicted molar refractivity (Wildman–Crippen MR) is 112 cm³/mol. The second-order valence-corrected chi connectivity index (χ2v) is 7.53. The van der Waals surface area contributed by atoms with Gasteiger partial charge in [0, 0.05) is 5.41 Å². The van der Waals surface area contributed by atoms with Crippen LogP contribution < -0.4 is 4.74 Å². The van der Waals surface area contributed by atoms with Crippen molar-refractivity contribution in [2.75, 3.05) is 0 Å². The number of rotatable bonds is 6. The Morgan fingerprint density at radius 3 is 1.93 bits per heavy atom. The summed E-state index contributed by atoms with van der Waals surface area (Å²) in [5.74, 6) is 0.914. The highest BCUT2D eigenvalue weighted by Gasteiger charge is 2.42. The Morgan fingerprint density at radius 2 is 1.37 bits per heavy atom. The van der Waals surface area contributed by atoms with Gasteiger partial charge in [0.05, 0.1) is 0 Å². The Balaban J connectivity index is 1.54. The Morgan fingerprint density at radius 1 is 0.778 bits per heavy atom. The van der Waals surface area contributed by atoms with Crippen LogP contribution in [-0.4, -0.2) is 0 Å². The maximum atomic E-state index is 5.95. The second kappa shape index (κ2) is 7.44. The third-order valence-electron chi connectivity index (χ3n) is 5.67. The maximum absolute atomic E-state index is 5.95. The van der Waals surface area contributed by atoms with Crippen LogP contribution in [-0.2, 0) is 18.4 Å². The lowest BCUT2D eigenvalue weighted by atomic mass is 9.58. The van der Waals surface area contributed by atoms with Gasteiger partial charge in [0.1, 0.15) is 12.4 Å². The molecular weight excluding hydrogens is 328 g/mol. The van der Waals surface area contributed by atoms with Gasteiger partial charge >= 0.3 is 0 Å². The summed E-state index contributed by atoms with van der Waals surface area (Å²) in [6.07, 6.45) is 3.14. The van der Waals surface area contributed by atoms with E-state index in [1.807, 2.05) is 18.2 Å². The van der Waals surface area contributed by atoms with Gasteiger partial charge in [0.25, 0.3) is 0 Å². The van der Waals surface area contributed by atoms with Crippen LogP contribution in [0.3, 0.4) is 0 Å². The van der Waals surface area contributed by atoms with Crippen molar-refractivity contribution < 1.29 is 4.74 Å². The number of hydrogen-bond acceptors (Lipinski definition) is 1. The zero-order valence-corrected chi connectivity index (χ0v) is 15.9. The molecule has 1 nitrogen and oxygen atoms in total. The fraction of sp³-hybridized carbons (Fsp3) is 0.231. The molecule has 27 heavy (non-hydrogen) atoms. The molecule has 1 aliphatic carbocycles. The largest absolute Gasteiger partial charge is 0.489 e. The van der Waals surface area contributed by atoms with Gasteiger partial charge in [-0.05, 0) is 53.6 Å². The fourth-order valence-electron chi connectivity index (χ4n) is 4.05. The van der Waals surface area contributed by atoms with Crippen LogP contribution in [0.5, 0.6) is 5.75 Å². The third-order valence-corrected chi connectivity index (χ3v) is 5.67. The molecular formula is C26H26O. The van der Waals surface area contributed by atoms with Crippen LogP contribution in [0.1, 0.15) is 42.0 Å². The van der Waals surface area contributed by atoms with Crippen LogP contribution >= 0.6 is 0 Å². The minimum absolute atomic E-state index is 0.0707. The molecule has 0 atom stereocenters. The lowest BCUT2D eigenvalue weighted by Gasteiger charge is -2.45. The lowest BCUT2D eigenvalue weighted by Crippen LogP contribution is -2.37. The predicted octanol–water partition coefficient (Wildman–Crippen LogP) is 6.46. The van der Waals surface area contributed by atoms with E-state index < -0.39 is 0 Å². The maximum Gasteiger partial charge on any atom is 0.119 e. The summed E-state index contributed by atoms with van der Waals surface area (Å²) in [5, 5.41) is 0. The molecule has 0 N–H and O–H groups in total. The standard InChI is InChI=1S/C26H26O/c1-3-21-9-11-23(12-10-21)26(17-20(2)18-26)24-13-15-25(16-14-24)27-19-22-7-5-4-6-8-22/h4-16H,2-3,17-19H2,1H3. The van der Waals surface area contributed by atoms with E-state index in [2.05, 4.69) is 74.2 Å². The van der Waals surface area contributed by atoms with Crippen LogP contribution in [0.4, 0.5) is 0 Å². The van der Waals surface area contributed by atoms with Crippen LogP contribution in [0.15, 0.2) is 91.0 Å². The van der Waals surface area contributed by atoms with E-state index in [0.29, 0.717) is 6.61 Å². The van der Waals surface area contributed by atoms with Crippen molar-refractivity contribution in [3.63, 3.8) is 0 Å². The molecule has 3 aromatic rings. The zero-order chi connectivity index (χ0) is 18.7. The molecule has 136 valence electrons. The van der Waals surface area contributed by atoms with Gasteiger partial charge in [0.15, 0.2) is 0 Å². The molecule has 1 heteroatoms.